The van der Waals surface area contributed by atoms with Crippen molar-refractivity contribution in [1.82, 2.24) is 14.9 Å². The Morgan fingerprint density at radius 1 is 1.07 bits per heavy atom. The van der Waals surface area contributed by atoms with Crippen LogP contribution in [0.25, 0.3) is 10.4 Å². The minimum atomic E-state index is 0.0601. The van der Waals surface area contributed by atoms with Crippen molar-refractivity contribution in [2.45, 2.75) is 20.8 Å². The van der Waals surface area contributed by atoms with Crippen molar-refractivity contribution >= 4 is 23.2 Å². The average molecular weight is 393 g/mol. The van der Waals surface area contributed by atoms with Crippen LogP contribution < -0.4 is 4.90 Å². The number of anilines is 1. The number of aromatic nitrogens is 2. The third-order valence-corrected chi connectivity index (χ3v) is 5.79. The molecule has 1 aromatic carbocycles. The van der Waals surface area contributed by atoms with Crippen molar-refractivity contribution in [3.63, 3.8) is 0 Å². The number of thiophene rings is 1. The summed E-state index contributed by atoms with van der Waals surface area (Å²) in [4.78, 5) is 27.8. The predicted molar refractivity (Wildman–Crippen MR) is 114 cm³/mol. The Hall–Kier alpha value is -2.73. The summed E-state index contributed by atoms with van der Waals surface area (Å²) in [6.07, 6.45) is 0. The highest BCUT2D eigenvalue weighted by Gasteiger charge is 2.29. The SMILES string of the molecule is Cc1cc(C)nc(N2CC(C)CN(C(=O)c3ccccc3-c3cccs3)C2)n1. The Kier molecular flexibility index (Phi) is 5.13. The van der Waals surface area contributed by atoms with Gasteiger partial charge in [0.2, 0.25) is 5.95 Å². The summed E-state index contributed by atoms with van der Waals surface area (Å²) in [5.41, 5.74) is 3.64. The Morgan fingerprint density at radius 3 is 2.54 bits per heavy atom. The fraction of sp³-hybridized carbons (Fsp3) is 0.318. The molecule has 0 N–H and O–H groups in total. The molecule has 1 saturated heterocycles. The minimum absolute atomic E-state index is 0.0601. The monoisotopic (exact) mass is 392 g/mol. The maximum absolute atomic E-state index is 13.4. The molecule has 28 heavy (non-hydrogen) atoms. The number of benzene rings is 1. The van der Waals surface area contributed by atoms with Crippen LogP contribution in [0.15, 0.2) is 47.8 Å². The Morgan fingerprint density at radius 2 is 1.82 bits per heavy atom. The largest absolute Gasteiger partial charge is 0.323 e. The van der Waals surface area contributed by atoms with E-state index in [0.717, 1.165) is 40.5 Å². The van der Waals surface area contributed by atoms with Gasteiger partial charge in [-0.1, -0.05) is 31.2 Å². The van der Waals surface area contributed by atoms with Gasteiger partial charge in [0.25, 0.3) is 5.91 Å². The molecule has 1 fully saturated rings. The van der Waals surface area contributed by atoms with Crippen LogP contribution >= 0.6 is 11.3 Å². The van der Waals surface area contributed by atoms with E-state index in [9.17, 15) is 4.79 Å². The topological polar surface area (TPSA) is 49.3 Å². The lowest BCUT2D eigenvalue weighted by atomic mass is 10.0. The smallest absolute Gasteiger partial charge is 0.255 e. The van der Waals surface area contributed by atoms with Crippen molar-refractivity contribution < 1.29 is 4.79 Å². The van der Waals surface area contributed by atoms with Crippen molar-refractivity contribution in [1.29, 1.82) is 0 Å². The Bertz CT molecular complexity index is 966. The molecular formula is C22H24N4OS. The van der Waals surface area contributed by atoms with E-state index in [1.807, 2.05) is 60.5 Å². The summed E-state index contributed by atoms with van der Waals surface area (Å²) in [7, 11) is 0. The molecule has 2 aromatic heterocycles. The molecule has 3 heterocycles. The molecule has 5 nitrogen and oxygen atoms in total. The second-order valence-electron chi connectivity index (χ2n) is 7.47. The van der Waals surface area contributed by atoms with Gasteiger partial charge in [0.1, 0.15) is 0 Å². The summed E-state index contributed by atoms with van der Waals surface area (Å²) in [6, 6.07) is 13.9. The molecule has 1 aliphatic heterocycles. The van der Waals surface area contributed by atoms with Crippen LogP contribution in [0.1, 0.15) is 28.7 Å². The summed E-state index contributed by atoms with van der Waals surface area (Å²) in [5, 5.41) is 2.04. The fourth-order valence-electron chi connectivity index (χ4n) is 3.76. The van der Waals surface area contributed by atoms with Crippen molar-refractivity contribution in [2.24, 2.45) is 5.92 Å². The minimum Gasteiger partial charge on any atom is -0.323 e. The molecule has 144 valence electrons. The zero-order chi connectivity index (χ0) is 19.7. The van der Waals surface area contributed by atoms with E-state index in [-0.39, 0.29) is 5.91 Å². The van der Waals surface area contributed by atoms with Crippen molar-refractivity contribution in [3.8, 4) is 10.4 Å². The lowest BCUT2D eigenvalue weighted by Gasteiger charge is -2.39. The number of rotatable bonds is 3. The van der Waals surface area contributed by atoms with Crippen LogP contribution in [0.4, 0.5) is 5.95 Å². The lowest BCUT2D eigenvalue weighted by Crippen LogP contribution is -2.52. The zero-order valence-electron chi connectivity index (χ0n) is 16.4. The summed E-state index contributed by atoms with van der Waals surface area (Å²) < 4.78 is 0. The number of amides is 1. The van der Waals surface area contributed by atoms with Crippen molar-refractivity contribution in [2.75, 3.05) is 24.7 Å². The molecule has 1 atom stereocenters. The fourth-order valence-corrected chi connectivity index (χ4v) is 4.52. The van der Waals surface area contributed by atoms with Gasteiger partial charge in [-0.05, 0) is 43.3 Å². The van der Waals surface area contributed by atoms with Gasteiger partial charge < -0.3 is 9.80 Å². The van der Waals surface area contributed by atoms with Gasteiger partial charge >= 0.3 is 0 Å². The van der Waals surface area contributed by atoms with Crippen LogP contribution in [0.3, 0.4) is 0 Å². The molecule has 0 spiro atoms. The first-order valence-electron chi connectivity index (χ1n) is 9.50. The highest BCUT2D eigenvalue weighted by Crippen LogP contribution is 2.29. The molecular weight excluding hydrogens is 368 g/mol. The summed E-state index contributed by atoms with van der Waals surface area (Å²) >= 11 is 1.65. The van der Waals surface area contributed by atoms with Gasteiger partial charge in [0.15, 0.2) is 0 Å². The normalized spacial score (nSPS) is 17.0. The number of carbonyl (C=O) groups is 1. The number of carbonyl (C=O) groups excluding carboxylic acids is 1. The maximum atomic E-state index is 13.4. The van der Waals surface area contributed by atoms with Crippen LogP contribution in [0.2, 0.25) is 0 Å². The van der Waals surface area contributed by atoms with E-state index in [1.54, 1.807) is 11.3 Å². The second-order valence-corrected chi connectivity index (χ2v) is 8.42. The first-order chi connectivity index (χ1) is 13.5. The first kappa shape index (κ1) is 18.6. The Balaban J connectivity index is 1.63. The lowest BCUT2D eigenvalue weighted by molar-refractivity contribution is 0.0699. The van der Waals surface area contributed by atoms with E-state index in [1.165, 1.54) is 0 Å². The highest BCUT2D eigenvalue weighted by atomic mass is 32.1. The zero-order valence-corrected chi connectivity index (χ0v) is 17.2. The van der Waals surface area contributed by atoms with Crippen LogP contribution in [0.5, 0.6) is 0 Å². The number of aryl methyl sites for hydroxylation is 2. The summed E-state index contributed by atoms with van der Waals surface area (Å²) in [5.74, 6) is 1.11. The molecule has 4 rings (SSSR count). The van der Waals surface area contributed by atoms with Crippen molar-refractivity contribution in [3.05, 3.63) is 64.8 Å². The van der Waals surface area contributed by atoms with Gasteiger partial charge in [0.05, 0.1) is 6.67 Å². The third-order valence-electron chi connectivity index (χ3n) is 4.89. The highest BCUT2D eigenvalue weighted by molar-refractivity contribution is 7.13. The first-order valence-corrected chi connectivity index (χ1v) is 10.4. The van der Waals surface area contributed by atoms with E-state index in [4.69, 9.17) is 0 Å². The van der Waals surface area contributed by atoms with E-state index < -0.39 is 0 Å². The Labute approximate surface area is 169 Å². The number of hydrogen-bond acceptors (Lipinski definition) is 5. The molecule has 3 aromatic rings. The third kappa shape index (κ3) is 3.78. The van der Waals surface area contributed by atoms with Gasteiger partial charge in [-0.25, -0.2) is 9.97 Å². The van der Waals surface area contributed by atoms with Gasteiger partial charge in [0, 0.05) is 40.5 Å². The van der Waals surface area contributed by atoms with Gasteiger partial charge in [-0.3, -0.25) is 4.79 Å². The van der Waals surface area contributed by atoms with Crippen LogP contribution in [0, 0.1) is 19.8 Å². The molecule has 0 bridgehead atoms. The molecule has 6 heteroatoms. The quantitative estimate of drug-likeness (QED) is 0.664. The second kappa shape index (κ2) is 7.72. The van der Waals surface area contributed by atoms with Crippen LogP contribution in [-0.2, 0) is 0 Å². The maximum Gasteiger partial charge on any atom is 0.255 e. The van der Waals surface area contributed by atoms with E-state index >= 15 is 0 Å². The molecule has 1 aliphatic rings. The molecule has 0 saturated carbocycles. The van der Waals surface area contributed by atoms with E-state index in [0.29, 0.717) is 18.5 Å². The molecule has 0 aliphatic carbocycles. The molecule has 0 radical (unpaired) electrons. The molecule has 1 amide bonds. The van der Waals surface area contributed by atoms with Gasteiger partial charge in [-0.15, -0.1) is 11.3 Å². The van der Waals surface area contributed by atoms with Crippen LogP contribution in [-0.4, -0.2) is 40.5 Å². The van der Waals surface area contributed by atoms with E-state index in [2.05, 4.69) is 27.9 Å². The standard InChI is InChI=1S/C22H24N4OS/c1-15-12-25(14-26(13-15)22-23-16(2)11-17(3)24-22)21(27)19-8-5-4-7-18(19)20-9-6-10-28-20/h4-11,15H,12-14H2,1-3H3. The molecule has 1 unspecified atom stereocenters. The van der Waals surface area contributed by atoms with Gasteiger partial charge in [-0.2, -0.15) is 0 Å². The summed E-state index contributed by atoms with van der Waals surface area (Å²) in [6.45, 7) is 8.21. The number of nitrogens with zero attached hydrogens (tertiary/aromatic N) is 4. The number of hydrogen-bond donors (Lipinski definition) is 0. The predicted octanol–water partition coefficient (Wildman–Crippen LogP) is 4.38. The average Bonchev–Trinajstić information content (AvgIpc) is 3.21.